The highest BCUT2D eigenvalue weighted by Gasteiger charge is 2.17. The van der Waals surface area contributed by atoms with E-state index in [9.17, 15) is 4.79 Å². The number of carbonyl (C=O) groups is 1. The van der Waals surface area contributed by atoms with E-state index in [0.717, 1.165) is 10.2 Å². The molecule has 0 spiro atoms. The van der Waals surface area contributed by atoms with Crippen LogP contribution in [0.2, 0.25) is 0 Å². The zero-order chi connectivity index (χ0) is 19.1. The molecule has 26 heavy (non-hydrogen) atoms. The van der Waals surface area contributed by atoms with E-state index >= 15 is 0 Å². The lowest BCUT2D eigenvalue weighted by atomic mass is 9.87. The van der Waals surface area contributed by atoms with Crippen molar-refractivity contribution in [2.75, 3.05) is 5.32 Å². The van der Waals surface area contributed by atoms with E-state index in [1.54, 1.807) is 0 Å². The number of hydrogen-bond donors (Lipinski definition) is 1. The van der Waals surface area contributed by atoms with E-state index in [0.29, 0.717) is 10.7 Å². The van der Waals surface area contributed by atoms with Crippen LogP contribution < -0.4 is 5.32 Å². The Morgan fingerprint density at radius 2 is 1.46 bits per heavy atom. The summed E-state index contributed by atoms with van der Waals surface area (Å²) in [4.78, 5) is 17.1. The minimum atomic E-state index is -0.124. The van der Waals surface area contributed by atoms with Gasteiger partial charge in [0.2, 0.25) is 0 Å². The number of benzene rings is 2. The number of anilines is 1. The average Bonchev–Trinajstić information content (AvgIpc) is 2.94. The molecule has 1 amide bonds. The van der Waals surface area contributed by atoms with Crippen LogP contribution in [-0.2, 0) is 10.8 Å². The van der Waals surface area contributed by atoms with E-state index in [2.05, 4.69) is 64.0 Å². The lowest BCUT2D eigenvalue weighted by Crippen LogP contribution is -2.14. The van der Waals surface area contributed by atoms with E-state index in [-0.39, 0.29) is 16.7 Å². The van der Waals surface area contributed by atoms with Crippen molar-refractivity contribution in [3.8, 4) is 0 Å². The van der Waals surface area contributed by atoms with Crippen molar-refractivity contribution in [2.24, 2.45) is 0 Å². The Bertz CT molecular complexity index is 941. The van der Waals surface area contributed by atoms with E-state index in [1.165, 1.54) is 22.5 Å². The second-order valence-electron chi connectivity index (χ2n) is 8.73. The van der Waals surface area contributed by atoms with Gasteiger partial charge in [-0.1, -0.05) is 71.1 Å². The van der Waals surface area contributed by atoms with Gasteiger partial charge in [0, 0.05) is 5.56 Å². The Balaban J connectivity index is 1.81. The first-order valence-electron chi connectivity index (χ1n) is 8.87. The molecule has 3 aromatic rings. The van der Waals surface area contributed by atoms with Crippen molar-refractivity contribution >= 4 is 32.6 Å². The fourth-order valence-electron chi connectivity index (χ4n) is 2.74. The smallest absolute Gasteiger partial charge is 0.257 e. The Hall–Kier alpha value is -2.20. The molecule has 0 saturated heterocycles. The van der Waals surface area contributed by atoms with Crippen LogP contribution in [0.25, 0.3) is 10.2 Å². The van der Waals surface area contributed by atoms with Crippen LogP contribution >= 0.6 is 11.3 Å². The fourth-order valence-corrected chi connectivity index (χ4v) is 3.64. The second-order valence-corrected chi connectivity index (χ2v) is 9.76. The molecule has 1 heterocycles. The summed E-state index contributed by atoms with van der Waals surface area (Å²) in [6.45, 7) is 13.1. The van der Waals surface area contributed by atoms with Crippen LogP contribution in [0.1, 0.15) is 63.0 Å². The Morgan fingerprint density at radius 1 is 0.885 bits per heavy atom. The molecular formula is C22H26N2OS. The number of rotatable bonds is 2. The maximum Gasteiger partial charge on any atom is 0.257 e. The highest BCUT2D eigenvalue weighted by atomic mass is 32.1. The molecule has 3 rings (SSSR count). The largest absolute Gasteiger partial charge is 0.298 e. The van der Waals surface area contributed by atoms with Gasteiger partial charge in [-0.05, 0) is 46.2 Å². The summed E-state index contributed by atoms with van der Waals surface area (Å²) in [6, 6.07) is 14.1. The molecule has 1 aromatic heterocycles. The number of aromatic nitrogens is 1. The molecule has 0 radical (unpaired) electrons. The maximum absolute atomic E-state index is 12.5. The van der Waals surface area contributed by atoms with Gasteiger partial charge in [0.25, 0.3) is 5.91 Å². The van der Waals surface area contributed by atoms with Crippen molar-refractivity contribution in [1.82, 2.24) is 4.98 Å². The first-order chi connectivity index (χ1) is 12.0. The molecule has 0 fully saturated rings. The number of nitrogens with zero attached hydrogens (tertiary/aromatic N) is 1. The maximum atomic E-state index is 12.5. The molecule has 4 heteroatoms. The number of carbonyl (C=O) groups excluding carboxylic acids is 1. The number of hydrogen-bond acceptors (Lipinski definition) is 3. The van der Waals surface area contributed by atoms with Crippen molar-refractivity contribution in [3.05, 3.63) is 59.2 Å². The molecule has 0 bridgehead atoms. The summed E-state index contributed by atoms with van der Waals surface area (Å²) in [5.41, 5.74) is 4.21. The Morgan fingerprint density at radius 3 is 2.04 bits per heavy atom. The minimum Gasteiger partial charge on any atom is -0.298 e. The topological polar surface area (TPSA) is 42.0 Å². The van der Waals surface area contributed by atoms with Gasteiger partial charge in [-0.25, -0.2) is 4.98 Å². The molecule has 0 aliphatic heterocycles. The quantitative estimate of drug-likeness (QED) is 0.591. The SMILES string of the molecule is CC(C)(C)c1ccc(C(=O)Nc2nc3ccc(C(C)(C)C)cc3s2)cc1. The minimum absolute atomic E-state index is 0.0762. The highest BCUT2D eigenvalue weighted by molar-refractivity contribution is 7.22. The van der Waals surface area contributed by atoms with Crippen LogP contribution in [0.15, 0.2) is 42.5 Å². The van der Waals surface area contributed by atoms with Gasteiger partial charge in [0.15, 0.2) is 5.13 Å². The van der Waals surface area contributed by atoms with Crippen LogP contribution in [-0.4, -0.2) is 10.9 Å². The van der Waals surface area contributed by atoms with Gasteiger partial charge in [-0.3, -0.25) is 10.1 Å². The van der Waals surface area contributed by atoms with Crippen molar-refractivity contribution in [3.63, 3.8) is 0 Å². The van der Waals surface area contributed by atoms with Crippen LogP contribution in [0.4, 0.5) is 5.13 Å². The number of thiazole rings is 1. The third kappa shape index (κ3) is 3.96. The standard InChI is InChI=1S/C22H26N2OS/c1-21(2,3)15-9-7-14(8-10-15)19(25)24-20-23-17-12-11-16(22(4,5)6)13-18(17)26-20/h7-13H,1-6H3,(H,23,24,25). The number of amides is 1. The van der Waals surface area contributed by atoms with Crippen LogP contribution in [0, 0.1) is 0 Å². The predicted octanol–water partition coefficient (Wildman–Crippen LogP) is 6.14. The highest BCUT2D eigenvalue weighted by Crippen LogP contribution is 2.31. The summed E-state index contributed by atoms with van der Waals surface area (Å²) in [5.74, 6) is -0.124. The zero-order valence-corrected chi connectivity index (χ0v) is 17.1. The second kappa shape index (κ2) is 6.51. The molecule has 3 nitrogen and oxygen atoms in total. The molecule has 0 aliphatic rings. The molecule has 0 aliphatic carbocycles. The lowest BCUT2D eigenvalue weighted by Gasteiger charge is -2.18. The molecule has 2 aromatic carbocycles. The van der Waals surface area contributed by atoms with Crippen molar-refractivity contribution in [2.45, 2.75) is 52.4 Å². The third-order valence-electron chi connectivity index (χ3n) is 4.49. The van der Waals surface area contributed by atoms with Gasteiger partial charge in [-0.15, -0.1) is 0 Å². The first-order valence-corrected chi connectivity index (χ1v) is 9.69. The van der Waals surface area contributed by atoms with Crippen LogP contribution in [0.3, 0.4) is 0 Å². The third-order valence-corrected chi connectivity index (χ3v) is 5.42. The molecule has 0 atom stereocenters. The first kappa shape index (κ1) is 18.6. The summed E-state index contributed by atoms with van der Waals surface area (Å²) >= 11 is 1.51. The molecular weight excluding hydrogens is 340 g/mol. The average molecular weight is 367 g/mol. The summed E-state index contributed by atoms with van der Waals surface area (Å²) in [5, 5.41) is 3.57. The van der Waals surface area contributed by atoms with Gasteiger partial charge >= 0.3 is 0 Å². The number of fused-ring (bicyclic) bond motifs is 1. The summed E-state index contributed by atoms with van der Waals surface area (Å²) in [6.07, 6.45) is 0. The monoisotopic (exact) mass is 366 g/mol. The van der Waals surface area contributed by atoms with Crippen LogP contribution in [0.5, 0.6) is 0 Å². The predicted molar refractivity (Wildman–Crippen MR) is 111 cm³/mol. The van der Waals surface area contributed by atoms with Gasteiger partial charge in [0.1, 0.15) is 0 Å². The normalized spacial score (nSPS) is 12.4. The summed E-state index contributed by atoms with van der Waals surface area (Å²) in [7, 11) is 0. The summed E-state index contributed by atoms with van der Waals surface area (Å²) < 4.78 is 1.09. The van der Waals surface area contributed by atoms with Gasteiger partial charge < -0.3 is 0 Å². The Kier molecular flexibility index (Phi) is 4.65. The molecule has 0 saturated carbocycles. The molecule has 0 unspecified atom stereocenters. The lowest BCUT2D eigenvalue weighted by molar-refractivity contribution is 0.102. The Labute approximate surface area is 159 Å². The van der Waals surface area contributed by atoms with E-state index in [4.69, 9.17) is 0 Å². The van der Waals surface area contributed by atoms with E-state index in [1.807, 2.05) is 30.3 Å². The zero-order valence-electron chi connectivity index (χ0n) is 16.3. The van der Waals surface area contributed by atoms with Crippen molar-refractivity contribution in [1.29, 1.82) is 0 Å². The van der Waals surface area contributed by atoms with Gasteiger partial charge in [0.05, 0.1) is 10.2 Å². The molecule has 1 N–H and O–H groups in total. The van der Waals surface area contributed by atoms with Crippen molar-refractivity contribution < 1.29 is 4.79 Å². The number of nitrogens with one attached hydrogen (secondary N) is 1. The van der Waals surface area contributed by atoms with E-state index < -0.39 is 0 Å². The van der Waals surface area contributed by atoms with Gasteiger partial charge in [-0.2, -0.15) is 0 Å². The fraction of sp³-hybridized carbons (Fsp3) is 0.364. The molecule has 136 valence electrons.